The number of carboxylic acids is 1. The average Bonchev–Trinajstić information content (AvgIpc) is 2.33. The molecule has 98 valence electrons. The molecule has 1 heterocycles. The number of pyridine rings is 1. The van der Waals surface area contributed by atoms with Gasteiger partial charge >= 0.3 is 5.97 Å². The second-order valence-corrected chi connectivity index (χ2v) is 4.14. The summed E-state index contributed by atoms with van der Waals surface area (Å²) in [5, 5.41) is 11.2. The molecule has 1 rings (SSSR count). The van der Waals surface area contributed by atoms with Crippen LogP contribution in [0.5, 0.6) is 0 Å². The molecule has 0 radical (unpaired) electrons. The van der Waals surface area contributed by atoms with Crippen molar-refractivity contribution >= 4 is 11.9 Å². The number of hydrogen-bond acceptors (Lipinski definition) is 3. The first kappa shape index (κ1) is 14.2. The summed E-state index contributed by atoms with van der Waals surface area (Å²) in [5.41, 5.74) is 1.90. The molecular formula is C13H18N2O3. The number of aryl methyl sites for hydroxylation is 1. The molecule has 5 nitrogen and oxygen atoms in total. The third kappa shape index (κ3) is 5.43. The van der Waals surface area contributed by atoms with Crippen LogP contribution in [-0.2, 0) is 16.1 Å². The lowest BCUT2D eigenvalue weighted by Gasteiger charge is -2.06. The summed E-state index contributed by atoms with van der Waals surface area (Å²) in [6.07, 6.45) is 3.30. The van der Waals surface area contributed by atoms with E-state index in [0.717, 1.165) is 11.3 Å². The van der Waals surface area contributed by atoms with Crippen molar-refractivity contribution in [1.82, 2.24) is 10.3 Å². The van der Waals surface area contributed by atoms with Gasteiger partial charge in [-0.3, -0.25) is 14.6 Å². The van der Waals surface area contributed by atoms with Gasteiger partial charge in [-0.2, -0.15) is 0 Å². The molecule has 1 aromatic heterocycles. The van der Waals surface area contributed by atoms with E-state index in [4.69, 9.17) is 5.11 Å². The number of aromatic nitrogens is 1. The lowest BCUT2D eigenvalue weighted by Crippen LogP contribution is -2.23. The molecule has 0 aliphatic carbocycles. The summed E-state index contributed by atoms with van der Waals surface area (Å²) in [6, 6.07) is 3.80. The first-order valence-corrected chi connectivity index (χ1v) is 5.98. The van der Waals surface area contributed by atoms with Crippen LogP contribution in [0.4, 0.5) is 0 Å². The summed E-state index contributed by atoms with van der Waals surface area (Å²) in [4.78, 5) is 25.9. The van der Waals surface area contributed by atoms with Crippen LogP contribution in [0.25, 0.3) is 0 Å². The number of hydrogen-bond donors (Lipinski definition) is 2. The summed E-state index contributed by atoms with van der Waals surface area (Å²) >= 11 is 0. The summed E-state index contributed by atoms with van der Waals surface area (Å²) in [6.45, 7) is 2.37. The number of aliphatic carboxylic acids is 1. The SMILES string of the molecule is Cc1cccnc1CNC(=O)CCCCC(=O)O. The average molecular weight is 250 g/mol. The third-order valence-electron chi connectivity index (χ3n) is 2.62. The minimum absolute atomic E-state index is 0.0644. The maximum atomic E-state index is 11.5. The van der Waals surface area contributed by atoms with Gasteiger partial charge in [0.1, 0.15) is 0 Å². The molecule has 1 aromatic rings. The normalized spacial score (nSPS) is 10.1. The Kier molecular flexibility index (Phi) is 5.84. The minimum atomic E-state index is -0.820. The van der Waals surface area contributed by atoms with Gasteiger partial charge in [0.15, 0.2) is 0 Å². The van der Waals surface area contributed by atoms with E-state index in [1.54, 1.807) is 6.20 Å². The predicted molar refractivity (Wildman–Crippen MR) is 66.9 cm³/mol. The number of carbonyl (C=O) groups is 2. The topological polar surface area (TPSA) is 79.3 Å². The highest BCUT2D eigenvalue weighted by Crippen LogP contribution is 2.03. The second kappa shape index (κ2) is 7.42. The number of nitrogens with zero attached hydrogens (tertiary/aromatic N) is 1. The standard InChI is InChI=1S/C13H18N2O3/c1-10-5-4-8-14-11(10)9-15-12(16)6-2-3-7-13(17)18/h4-5,8H,2-3,6-7,9H2,1H3,(H,15,16)(H,17,18). The fourth-order valence-electron chi connectivity index (χ4n) is 1.54. The van der Waals surface area contributed by atoms with Crippen molar-refractivity contribution in [3.8, 4) is 0 Å². The Morgan fingerprint density at radius 3 is 2.72 bits per heavy atom. The van der Waals surface area contributed by atoms with Crippen LogP contribution in [0.15, 0.2) is 18.3 Å². The number of rotatable bonds is 7. The maximum absolute atomic E-state index is 11.5. The molecule has 0 bridgehead atoms. The largest absolute Gasteiger partial charge is 0.481 e. The van der Waals surface area contributed by atoms with Gasteiger partial charge in [0.2, 0.25) is 5.91 Å². The number of nitrogens with one attached hydrogen (secondary N) is 1. The van der Waals surface area contributed by atoms with Gasteiger partial charge in [-0.15, -0.1) is 0 Å². The zero-order valence-electron chi connectivity index (χ0n) is 10.5. The molecule has 5 heteroatoms. The fourth-order valence-corrected chi connectivity index (χ4v) is 1.54. The van der Waals surface area contributed by atoms with E-state index in [2.05, 4.69) is 10.3 Å². The van der Waals surface area contributed by atoms with Gasteiger partial charge in [0, 0.05) is 19.0 Å². The Bertz CT molecular complexity index is 418. The van der Waals surface area contributed by atoms with Crippen LogP contribution in [0.1, 0.15) is 36.9 Å². The summed E-state index contributed by atoms with van der Waals surface area (Å²) in [5.74, 6) is -0.884. The lowest BCUT2D eigenvalue weighted by molar-refractivity contribution is -0.137. The molecule has 0 saturated carbocycles. The van der Waals surface area contributed by atoms with Crippen LogP contribution in [0, 0.1) is 6.92 Å². The number of carboxylic acid groups (broad SMARTS) is 1. The molecule has 0 spiro atoms. The second-order valence-electron chi connectivity index (χ2n) is 4.14. The van der Waals surface area contributed by atoms with E-state index in [1.807, 2.05) is 19.1 Å². The van der Waals surface area contributed by atoms with E-state index >= 15 is 0 Å². The molecule has 0 aliphatic rings. The monoisotopic (exact) mass is 250 g/mol. The maximum Gasteiger partial charge on any atom is 0.303 e. The molecule has 0 fully saturated rings. The Hall–Kier alpha value is -1.91. The van der Waals surface area contributed by atoms with Gasteiger partial charge in [-0.1, -0.05) is 6.07 Å². The highest BCUT2D eigenvalue weighted by molar-refractivity contribution is 5.75. The Labute approximate surface area is 106 Å². The van der Waals surface area contributed by atoms with Crippen molar-refractivity contribution in [3.05, 3.63) is 29.6 Å². The highest BCUT2D eigenvalue weighted by Gasteiger charge is 2.04. The van der Waals surface area contributed by atoms with Crippen LogP contribution in [0.2, 0.25) is 0 Å². The van der Waals surface area contributed by atoms with Crippen molar-refractivity contribution < 1.29 is 14.7 Å². The highest BCUT2D eigenvalue weighted by atomic mass is 16.4. The van der Waals surface area contributed by atoms with Crippen LogP contribution < -0.4 is 5.32 Å². The van der Waals surface area contributed by atoms with Crippen molar-refractivity contribution in [1.29, 1.82) is 0 Å². The first-order chi connectivity index (χ1) is 8.59. The van der Waals surface area contributed by atoms with Gasteiger partial charge in [-0.05, 0) is 31.4 Å². The van der Waals surface area contributed by atoms with Crippen molar-refractivity contribution in [2.45, 2.75) is 39.2 Å². The molecule has 2 N–H and O–H groups in total. The zero-order valence-corrected chi connectivity index (χ0v) is 10.5. The molecule has 0 saturated heterocycles. The smallest absolute Gasteiger partial charge is 0.303 e. The summed E-state index contributed by atoms with van der Waals surface area (Å²) < 4.78 is 0. The van der Waals surface area contributed by atoms with Gasteiger partial charge in [0.05, 0.1) is 12.2 Å². The van der Waals surface area contributed by atoms with Crippen LogP contribution in [-0.4, -0.2) is 22.0 Å². The molecule has 0 unspecified atom stereocenters. The van der Waals surface area contributed by atoms with Gasteiger partial charge in [0.25, 0.3) is 0 Å². The number of carbonyl (C=O) groups excluding carboxylic acids is 1. The Morgan fingerprint density at radius 2 is 2.06 bits per heavy atom. The zero-order chi connectivity index (χ0) is 13.4. The van der Waals surface area contributed by atoms with Gasteiger partial charge < -0.3 is 10.4 Å². The summed E-state index contributed by atoms with van der Waals surface area (Å²) in [7, 11) is 0. The van der Waals surface area contributed by atoms with E-state index in [-0.39, 0.29) is 12.3 Å². The molecule has 0 atom stereocenters. The van der Waals surface area contributed by atoms with E-state index in [9.17, 15) is 9.59 Å². The third-order valence-corrected chi connectivity index (χ3v) is 2.62. The Balaban J connectivity index is 2.21. The van der Waals surface area contributed by atoms with E-state index < -0.39 is 5.97 Å². The molecule has 0 aromatic carbocycles. The molecule has 1 amide bonds. The van der Waals surface area contributed by atoms with E-state index in [1.165, 1.54) is 0 Å². The van der Waals surface area contributed by atoms with Crippen molar-refractivity contribution in [2.75, 3.05) is 0 Å². The minimum Gasteiger partial charge on any atom is -0.481 e. The van der Waals surface area contributed by atoms with Gasteiger partial charge in [-0.25, -0.2) is 0 Å². The Morgan fingerprint density at radius 1 is 1.33 bits per heavy atom. The number of unbranched alkanes of at least 4 members (excludes halogenated alkanes) is 1. The first-order valence-electron chi connectivity index (χ1n) is 5.98. The van der Waals surface area contributed by atoms with E-state index in [0.29, 0.717) is 25.8 Å². The molecule has 18 heavy (non-hydrogen) atoms. The lowest BCUT2D eigenvalue weighted by atomic mass is 10.2. The molecule has 0 aliphatic heterocycles. The van der Waals surface area contributed by atoms with Crippen LogP contribution >= 0.6 is 0 Å². The van der Waals surface area contributed by atoms with Crippen LogP contribution in [0.3, 0.4) is 0 Å². The predicted octanol–water partition coefficient (Wildman–Crippen LogP) is 1.65. The quantitative estimate of drug-likeness (QED) is 0.721. The molecular weight excluding hydrogens is 232 g/mol. The fraction of sp³-hybridized carbons (Fsp3) is 0.462. The van der Waals surface area contributed by atoms with Crippen molar-refractivity contribution in [3.63, 3.8) is 0 Å². The van der Waals surface area contributed by atoms with Crippen molar-refractivity contribution in [2.24, 2.45) is 0 Å². The number of amides is 1.